The second-order valence-corrected chi connectivity index (χ2v) is 10.8. The average Bonchev–Trinajstić information content (AvgIpc) is 3.34. The Kier molecular flexibility index (Phi) is 10.1. The first-order valence-electron chi connectivity index (χ1n) is 13.5. The van der Waals surface area contributed by atoms with Gasteiger partial charge in [-0.1, -0.05) is 11.3 Å². The molecule has 0 bridgehead atoms. The van der Waals surface area contributed by atoms with Crippen molar-refractivity contribution >= 4 is 40.0 Å². The van der Waals surface area contributed by atoms with Crippen LogP contribution in [0.5, 0.6) is 17.2 Å². The van der Waals surface area contributed by atoms with Crippen LogP contribution < -0.4 is 29.7 Å². The van der Waals surface area contributed by atoms with Gasteiger partial charge in [-0.15, -0.1) is 0 Å². The molecule has 13 heteroatoms. The van der Waals surface area contributed by atoms with E-state index in [1.54, 1.807) is 35.2 Å². The van der Waals surface area contributed by atoms with Crippen molar-refractivity contribution in [3.05, 3.63) is 34.3 Å². The Labute approximate surface area is 245 Å². The van der Waals surface area contributed by atoms with Crippen molar-refractivity contribution in [3.63, 3.8) is 0 Å². The maximum Gasteiger partial charge on any atom is 0.350 e. The number of piperidine rings is 1. The summed E-state index contributed by atoms with van der Waals surface area (Å²) in [6, 6.07) is 6.30. The van der Waals surface area contributed by atoms with Crippen LogP contribution in [0.1, 0.15) is 40.7 Å². The van der Waals surface area contributed by atoms with E-state index >= 15 is 0 Å². The van der Waals surface area contributed by atoms with Crippen LogP contribution in [0.2, 0.25) is 0 Å². The molecule has 3 aromatic rings. The number of esters is 1. The molecule has 2 aromatic heterocycles. The van der Waals surface area contributed by atoms with E-state index in [0.29, 0.717) is 63.9 Å². The summed E-state index contributed by atoms with van der Waals surface area (Å²) in [4.78, 5) is 31.4. The first kappa shape index (κ1) is 30.1. The highest BCUT2D eigenvalue weighted by atomic mass is 32.1. The molecule has 1 aromatic carbocycles. The van der Waals surface area contributed by atoms with E-state index in [2.05, 4.69) is 39.5 Å². The fraction of sp³-hybridized carbons (Fsp3) is 0.500. The van der Waals surface area contributed by atoms with Crippen molar-refractivity contribution in [2.45, 2.75) is 39.3 Å². The summed E-state index contributed by atoms with van der Waals surface area (Å²) in [5.74, 6) is 3.14. The number of hydrogen-bond acceptors (Lipinski definition) is 13. The van der Waals surface area contributed by atoms with Crippen molar-refractivity contribution in [2.24, 2.45) is 0 Å². The summed E-state index contributed by atoms with van der Waals surface area (Å²) < 4.78 is 21.6. The van der Waals surface area contributed by atoms with Gasteiger partial charge in [-0.25, -0.2) is 9.78 Å². The fourth-order valence-corrected chi connectivity index (χ4v) is 5.57. The summed E-state index contributed by atoms with van der Waals surface area (Å²) in [7, 11) is 9.01. The lowest BCUT2D eigenvalue weighted by Gasteiger charge is -2.36. The van der Waals surface area contributed by atoms with Crippen molar-refractivity contribution in [2.75, 3.05) is 70.7 Å². The highest BCUT2D eigenvalue weighted by molar-refractivity contribution is 7.17. The summed E-state index contributed by atoms with van der Waals surface area (Å²) in [6.45, 7) is 6.09. The molecule has 0 atom stereocenters. The Morgan fingerprint density at radius 2 is 1.73 bits per heavy atom. The SMILES string of the molecule is CCOC(=O)c1sc(Nc2nc(NCc3cc(OC)c(OC)c(OC)c3)cc(N3CCC(N(C)C)CC3)n2)nc1C. The number of carbonyl (C=O) groups is 1. The number of thiazole rings is 1. The Balaban J connectivity index is 1.60. The van der Waals surface area contributed by atoms with Crippen LogP contribution in [-0.2, 0) is 11.3 Å². The normalized spacial score (nSPS) is 13.7. The van der Waals surface area contributed by atoms with E-state index in [-0.39, 0.29) is 5.97 Å². The second kappa shape index (κ2) is 13.7. The monoisotopic (exact) mass is 585 g/mol. The first-order valence-corrected chi connectivity index (χ1v) is 14.3. The summed E-state index contributed by atoms with van der Waals surface area (Å²) in [6.07, 6.45) is 2.09. The van der Waals surface area contributed by atoms with Gasteiger partial charge in [0.15, 0.2) is 16.6 Å². The van der Waals surface area contributed by atoms with E-state index in [1.807, 2.05) is 18.2 Å². The van der Waals surface area contributed by atoms with E-state index in [9.17, 15) is 4.79 Å². The van der Waals surface area contributed by atoms with Gasteiger partial charge in [0.2, 0.25) is 11.7 Å². The first-order chi connectivity index (χ1) is 19.8. The molecule has 1 aliphatic rings. The Hall–Kier alpha value is -3.84. The van der Waals surface area contributed by atoms with Gasteiger partial charge < -0.3 is 34.1 Å². The third-order valence-corrected chi connectivity index (χ3v) is 7.96. The maximum absolute atomic E-state index is 12.3. The molecule has 4 rings (SSSR count). The molecular weight excluding hydrogens is 546 g/mol. The highest BCUT2D eigenvalue weighted by Crippen LogP contribution is 2.38. The maximum atomic E-state index is 12.3. The number of nitrogens with zero attached hydrogens (tertiary/aromatic N) is 5. The molecule has 3 heterocycles. The minimum atomic E-state index is -0.387. The number of hydrogen-bond donors (Lipinski definition) is 2. The van der Waals surface area contributed by atoms with Gasteiger partial charge in [0, 0.05) is 31.7 Å². The predicted octanol–water partition coefficient (Wildman–Crippen LogP) is 4.33. The number of aromatic nitrogens is 3. The molecule has 0 radical (unpaired) electrons. The molecule has 0 amide bonds. The number of benzene rings is 1. The van der Waals surface area contributed by atoms with E-state index in [4.69, 9.17) is 28.9 Å². The number of carbonyl (C=O) groups excluding carboxylic acids is 1. The lowest BCUT2D eigenvalue weighted by atomic mass is 10.0. The third-order valence-electron chi connectivity index (χ3n) is 6.91. The number of methoxy groups -OCH3 is 3. The van der Waals surface area contributed by atoms with E-state index in [0.717, 1.165) is 37.3 Å². The zero-order chi connectivity index (χ0) is 29.5. The Morgan fingerprint density at radius 3 is 2.32 bits per heavy atom. The standard InChI is InChI=1S/C28H39N7O5S/c1-8-40-26(36)25-17(2)30-28(41-25)33-27-31-22(15-23(32-27)35-11-9-19(10-12-35)34(3)4)29-16-18-13-20(37-5)24(39-7)21(14-18)38-6/h13-15,19H,8-12,16H2,1-7H3,(H2,29,30,31,32,33). The largest absolute Gasteiger partial charge is 0.493 e. The second-order valence-electron chi connectivity index (χ2n) is 9.78. The van der Waals surface area contributed by atoms with Crippen molar-refractivity contribution in [1.82, 2.24) is 19.9 Å². The van der Waals surface area contributed by atoms with Gasteiger partial charge in [-0.2, -0.15) is 9.97 Å². The molecule has 2 N–H and O–H groups in total. The summed E-state index contributed by atoms with van der Waals surface area (Å²) in [5, 5.41) is 7.14. The van der Waals surface area contributed by atoms with E-state index in [1.165, 1.54) is 11.3 Å². The zero-order valence-electron chi connectivity index (χ0n) is 24.7. The van der Waals surface area contributed by atoms with Crippen LogP contribution in [-0.4, -0.2) is 87.0 Å². The van der Waals surface area contributed by atoms with Gasteiger partial charge in [-0.3, -0.25) is 5.32 Å². The minimum absolute atomic E-state index is 0.301. The van der Waals surface area contributed by atoms with Crippen molar-refractivity contribution < 1.29 is 23.7 Å². The molecule has 0 saturated carbocycles. The number of nitrogens with one attached hydrogen (secondary N) is 2. The van der Waals surface area contributed by atoms with Gasteiger partial charge >= 0.3 is 5.97 Å². The Bertz CT molecular complexity index is 1320. The molecule has 1 aliphatic heterocycles. The summed E-state index contributed by atoms with van der Waals surface area (Å²) >= 11 is 1.22. The number of anilines is 4. The van der Waals surface area contributed by atoms with Crippen LogP contribution in [0.3, 0.4) is 0 Å². The average molecular weight is 586 g/mol. The van der Waals surface area contributed by atoms with Gasteiger partial charge in [-0.05, 0) is 58.5 Å². The lowest BCUT2D eigenvalue weighted by Crippen LogP contribution is -2.42. The quantitative estimate of drug-likeness (QED) is 0.294. The predicted molar refractivity (Wildman–Crippen MR) is 160 cm³/mol. The number of aryl methyl sites for hydroxylation is 1. The molecule has 0 unspecified atom stereocenters. The molecule has 0 spiro atoms. The van der Waals surface area contributed by atoms with Crippen LogP contribution in [0.15, 0.2) is 18.2 Å². The van der Waals surface area contributed by atoms with Crippen LogP contribution in [0.4, 0.5) is 22.7 Å². The topological polar surface area (TPSA) is 123 Å². The van der Waals surface area contributed by atoms with Crippen LogP contribution >= 0.6 is 11.3 Å². The third kappa shape index (κ3) is 7.27. The Morgan fingerprint density at radius 1 is 1.05 bits per heavy atom. The minimum Gasteiger partial charge on any atom is -0.493 e. The molecule has 12 nitrogen and oxygen atoms in total. The molecule has 1 fully saturated rings. The molecular formula is C28H39N7O5S. The molecule has 1 saturated heterocycles. The highest BCUT2D eigenvalue weighted by Gasteiger charge is 2.23. The van der Waals surface area contributed by atoms with E-state index < -0.39 is 0 Å². The van der Waals surface area contributed by atoms with Gasteiger partial charge in [0.05, 0.1) is 33.6 Å². The molecule has 222 valence electrons. The van der Waals surface area contributed by atoms with Crippen molar-refractivity contribution in [3.8, 4) is 17.2 Å². The van der Waals surface area contributed by atoms with Crippen molar-refractivity contribution in [1.29, 1.82) is 0 Å². The molecule has 41 heavy (non-hydrogen) atoms. The van der Waals surface area contributed by atoms with Crippen LogP contribution in [0.25, 0.3) is 0 Å². The zero-order valence-corrected chi connectivity index (χ0v) is 25.6. The van der Waals surface area contributed by atoms with Gasteiger partial charge in [0.25, 0.3) is 0 Å². The fourth-order valence-electron chi connectivity index (χ4n) is 4.72. The van der Waals surface area contributed by atoms with Gasteiger partial charge in [0.1, 0.15) is 16.5 Å². The lowest BCUT2D eigenvalue weighted by molar-refractivity contribution is 0.0531. The smallest absolute Gasteiger partial charge is 0.350 e. The summed E-state index contributed by atoms with van der Waals surface area (Å²) in [5.41, 5.74) is 1.52. The number of ether oxygens (including phenoxy) is 4. The number of rotatable bonds is 12. The molecule has 0 aliphatic carbocycles. The van der Waals surface area contributed by atoms with Crippen LogP contribution in [0, 0.1) is 6.92 Å².